The van der Waals surface area contributed by atoms with Gasteiger partial charge in [-0.3, -0.25) is 14.9 Å². The molecule has 0 aliphatic rings. The largest absolute Gasteiger partial charge is 0.480 e. The van der Waals surface area contributed by atoms with Crippen LogP contribution in [0.2, 0.25) is 0 Å². The lowest BCUT2D eigenvalue weighted by atomic mass is 10.3. The molecule has 1 atom stereocenters. The van der Waals surface area contributed by atoms with Crippen LogP contribution >= 0.6 is 35.2 Å². The van der Waals surface area contributed by atoms with E-state index in [1.165, 1.54) is 0 Å². The Balaban J connectivity index is 3.70. The van der Waals surface area contributed by atoms with Crippen molar-refractivity contribution in [1.82, 2.24) is 5.32 Å². The highest BCUT2D eigenvalue weighted by atomic mass is 127. The average Bonchev–Trinajstić information content (AvgIpc) is 1.87. The van der Waals surface area contributed by atoms with Crippen molar-refractivity contribution in [3.63, 3.8) is 0 Å². The van der Waals surface area contributed by atoms with Gasteiger partial charge in [0.05, 0.1) is 6.54 Å². The Hall–Kier alpha value is 0.180. The topological polar surface area (TPSA) is 66.4 Å². The second-order valence-corrected chi connectivity index (χ2v) is 3.38. The molecule has 0 saturated heterocycles. The van der Waals surface area contributed by atoms with Gasteiger partial charge in [-0.15, -0.1) is 0 Å². The van der Waals surface area contributed by atoms with E-state index in [4.69, 9.17) is 5.11 Å². The highest BCUT2D eigenvalue weighted by Gasteiger charge is 2.14. The molecule has 6 heteroatoms. The summed E-state index contributed by atoms with van der Waals surface area (Å²) < 4.78 is -0.115. The van der Waals surface area contributed by atoms with Crippen LogP contribution < -0.4 is 5.32 Å². The summed E-state index contributed by atoms with van der Waals surface area (Å²) in [6, 6.07) is -0.739. The number of carbonyl (C=O) groups is 2. The average molecular weight is 289 g/mol. The minimum atomic E-state index is -0.988. The number of hydrogen-bond acceptors (Lipinski definition) is 4. The molecule has 0 aromatic rings. The van der Waals surface area contributed by atoms with E-state index in [9.17, 15) is 9.59 Å². The molecule has 0 radical (unpaired) electrons. The summed E-state index contributed by atoms with van der Waals surface area (Å²) in [7, 11) is 0. The molecule has 0 aromatic carbocycles. The summed E-state index contributed by atoms with van der Waals surface area (Å²) in [6.45, 7) is 0.0675. The number of rotatable bonds is 5. The number of carbonyl (C=O) groups excluding carboxylic acids is 1. The van der Waals surface area contributed by atoms with Crippen molar-refractivity contribution in [3.05, 3.63) is 0 Å². The van der Waals surface area contributed by atoms with Crippen molar-refractivity contribution >= 4 is 45.0 Å². The second-order valence-electron chi connectivity index (χ2n) is 1.81. The number of halogens is 1. The molecule has 4 nitrogen and oxygen atoms in total. The summed E-state index contributed by atoms with van der Waals surface area (Å²) in [4.78, 5) is 20.7. The van der Waals surface area contributed by atoms with E-state index in [1.807, 2.05) is 0 Å². The van der Waals surface area contributed by atoms with Gasteiger partial charge in [0, 0.05) is 28.3 Å². The lowest BCUT2D eigenvalue weighted by molar-refractivity contribution is -0.138. The van der Waals surface area contributed by atoms with Gasteiger partial charge >= 0.3 is 5.97 Å². The third kappa shape index (κ3) is 5.45. The molecule has 0 bridgehead atoms. The lowest BCUT2D eigenvalue weighted by Gasteiger charge is -2.08. The fourth-order valence-corrected chi connectivity index (χ4v) is 0.939. The van der Waals surface area contributed by atoms with Crippen LogP contribution in [-0.2, 0) is 9.59 Å². The summed E-state index contributed by atoms with van der Waals surface area (Å²) in [5.41, 5.74) is 0. The zero-order valence-electron chi connectivity index (χ0n) is 5.58. The fraction of sp³-hybridized carbons (Fsp3) is 0.600. The highest BCUT2D eigenvalue weighted by molar-refractivity contribution is 14.1. The molecular formula is C5H8INO3S. The van der Waals surface area contributed by atoms with Crippen LogP contribution in [0.1, 0.15) is 0 Å². The molecule has 11 heavy (non-hydrogen) atoms. The molecule has 2 N–H and O–H groups in total. The third-order valence-corrected chi connectivity index (χ3v) is 1.71. The first-order chi connectivity index (χ1) is 5.07. The lowest BCUT2D eigenvalue weighted by Crippen LogP contribution is -2.40. The van der Waals surface area contributed by atoms with E-state index in [-0.39, 0.29) is 16.1 Å². The first-order valence-electron chi connectivity index (χ1n) is 2.83. The van der Waals surface area contributed by atoms with Crippen LogP contribution in [0.15, 0.2) is 0 Å². The molecule has 64 valence electrons. The summed E-state index contributed by atoms with van der Waals surface area (Å²) >= 11 is 5.40. The maximum atomic E-state index is 10.4. The molecule has 0 heterocycles. The Kier molecular flexibility index (Phi) is 5.88. The molecule has 1 unspecified atom stereocenters. The first-order valence-corrected chi connectivity index (χ1v) is 4.54. The van der Waals surface area contributed by atoms with Gasteiger partial charge in [-0.25, -0.2) is 0 Å². The van der Waals surface area contributed by atoms with Gasteiger partial charge in [-0.1, -0.05) is 0 Å². The third-order valence-electron chi connectivity index (χ3n) is 0.968. The number of aliphatic carboxylic acids is 1. The molecule has 0 aromatic heterocycles. The molecular weight excluding hydrogens is 281 g/mol. The van der Waals surface area contributed by atoms with Gasteiger partial charge in [0.2, 0.25) is 3.79 Å². The van der Waals surface area contributed by atoms with Crippen LogP contribution in [0.25, 0.3) is 0 Å². The zero-order valence-corrected chi connectivity index (χ0v) is 8.63. The van der Waals surface area contributed by atoms with Crippen LogP contribution in [0, 0.1) is 0 Å². The molecule has 0 rings (SSSR count). The van der Waals surface area contributed by atoms with Gasteiger partial charge < -0.3 is 5.11 Å². The Bertz CT molecular complexity index is 164. The zero-order chi connectivity index (χ0) is 8.85. The van der Waals surface area contributed by atoms with Crippen molar-refractivity contribution in [2.24, 2.45) is 0 Å². The Morgan fingerprint density at radius 3 is 2.45 bits per heavy atom. The molecule has 0 amide bonds. The number of carboxylic acids is 1. The van der Waals surface area contributed by atoms with E-state index in [2.05, 4.69) is 17.9 Å². The monoisotopic (exact) mass is 289 g/mol. The number of thiol groups is 1. The SMILES string of the molecule is O=C(I)CNC(CS)C(=O)O. The van der Waals surface area contributed by atoms with Gasteiger partial charge in [0.1, 0.15) is 6.04 Å². The van der Waals surface area contributed by atoms with Gasteiger partial charge in [-0.2, -0.15) is 12.6 Å². The van der Waals surface area contributed by atoms with Crippen LogP contribution in [0.4, 0.5) is 0 Å². The van der Waals surface area contributed by atoms with E-state index in [1.54, 1.807) is 22.6 Å². The number of nitrogens with one attached hydrogen (secondary N) is 1. The predicted octanol–water partition coefficient (Wildman–Crippen LogP) is -0.0794. The Morgan fingerprint density at radius 1 is 1.64 bits per heavy atom. The molecule has 0 fully saturated rings. The summed E-state index contributed by atoms with van der Waals surface area (Å²) in [5.74, 6) is -0.808. The van der Waals surface area contributed by atoms with E-state index in [0.29, 0.717) is 0 Å². The van der Waals surface area contributed by atoms with Crippen LogP contribution in [0.5, 0.6) is 0 Å². The van der Waals surface area contributed by atoms with Crippen LogP contribution in [0.3, 0.4) is 0 Å². The van der Waals surface area contributed by atoms with Gasteiger partial charge in [-0.05, 0) is 0 Å². The van der Waals surface area contributed by atoms with Gasteiger partial charge in [0.25, 0.3) is 0 Å². The normalized spacial score (nSPS) is 12.5. The fourth-order valence-electron chi connectivity index (χ4n) is 0.433. The molecule has 0 spiro atoms. The molecule has 0 aliphatic heterocycles. The number of carboxylic acid groups (broad SMARTS) is 1. The summed E-state index contributed by atoms with van der Waals surface area (Å²) in [5, 5.41) is 11.0. The van der Waals surface area contributed by atoms with Crippen molar-refractivity contribution < 1.29 is 14.7 Å². The van der Waals surface area contributed by atoms with E-state index >= 15 is 0 Å². The smallest absolute Gasteiger partial charge is 0.321 e. The van der Waals surface area contributed by atoms with Crippen molar-refractivity contribution in [2.75, 3.05) is 12.3 Å². The van der Waals surface area contributed by atoms with Crippen molar-refractivity contribution in [1.29, 1.82) is 0 Å². The predicted molar refractivity (Wildman–Crippen MR) is 52.3 cm³/mol. The number of hydrogen-bond donors (Lipinski definition) is 3. The summed E-state index contributed by atoms with van der Waals surface area (Å²) in [6.07, 6.45) is 0. The maximum absolute atomic E-state index is 10.4. The van der Waals surface area contributed by atoms with E-state index < -0.39 is 12.0 Å². The molecule has 0 aliphatic carbocycles. The quantitative estimate of drug-likeness (QED) is 0.376. The van der Waals surface area contributed by atoms with E-state index in [0.717, 1.165) is 0 Å². The highest BCUT2D eigenvalue weighted by Crippen LogP contribution is 1.89. The second kappa shape index (κ2) is 5.78. The Morgan fingerprint density at radius 2 is 2.18 bits per heavy atom. The minimum absolute atomic E-state index is 0.0675. The standard InChI is InChI=1S/C5H8INO3S/c6-4(8)1-7-3(2-11)5(9)10/h3,7,11H,1-2H2,(H,9,10). The van der Waals surface area contributed by atoms with Crippen molar-refractivity contribution in [2.45, 2.75) is 6.04 Å². The van der Waals surface area contributed by atoms with Crippen LogP contribution in [-0.4, -0.2) is 33.2 Å². The van der Waals surface area contributed by atoms with Crippen molar-refractivity contribution in [3.8, 4) is 0 Å². The maximum Gasteiger partial charge on any atom is 0.321 e. The van der Waals surface area contributed by atoms with Gasteiger partial charge in [0.15, 0.2) is 0 Å². The molecule has 0 saturated carbocycles. The Labute approximate surface area is 83.3 Å². The first kappa shape index (κ1) is 11.2. The minimum Gasteiger partial charge on any atom is -0.480 e.